The number of aromatic nitrogens is 6. The van der Waals surface area contributed by atoms with E-state index in [0.717, 1.165) is 72.4 Å². The number of amides is 1. The first-order chi connectivity index (χ1) is 22.8. The van der Waals surface area contributed by atoms with E-state index >= 15 is 0 Å². The molecule has 13 heteroatoms. The Hall–Kier alpha value is -5.07. The summed E-state index contributed by atoms with van der Waals surface area (Å²) >= 11 is 0. The number of imidazole rings is 1. The van der Waals surface area contributed by atoms with Crippen LogP contribution in [0.25, 0.3) is 28.2 Å². The highest BCUT2D eigenvalue weighted by molar-refractivity contribution is 5.89. The third kappa shape index (κ3) is 6.34. The molecule has 1 aliphatic heterocycles. The zero-order valence-corrected chi connectivity index (χ0v) is 26.9. The summed E-state index contributed by atoms with van der Waals surface area (Å²) in [4.78, 5) is 45.8. The Balaban J connectivity index is 1.32. The van der Waals surface area contributed by atoms with Gasteiger partial charge in [0, 0.05) is 37.6 Å². The maximum Gasteiger partial charge on any atom is 0.511 e. The van der Waals surface area contributed by atoms with Crippen molar-refractivity contribution >= 4 is 18.0 Å². The van der Waals surface area contributed by atoms with Gasteiger partial charge in [-0.2, -0.15) is 0 Å². The van der Waals surface area contributed by atoms with Gasteiger partial charge in [0.05, 0.1) is 11.4 Å². The third-order valence-electron chi connectivity index (χ3n) is 8.99. The summed E-state index contributed by atoms with van der Waals surface area (Å²) in [7, 11) is 0. The number of ether oxygens (including phenoxy) is 3. The van der Waals surface area contributed by atoms with Crippen molar-refractivity contribution in [2.45, 2.75) is 83.8 Å². The fourth-order valence-corrected chi connectivity index (χ4v) is 6.74. The van der Waals surface area contributed by atoms with E-state index in [9.17, 15) is 14.4 Å². The summed E-state index contributed by atoms with van der Waals surface area (Å²) in [5.74, 6) is 0.319. The van der Waals surface area contributed by atoms with Crippen molar-refractivity contribution in [2.24, 2.45) is 0 Å². The molecule has 1 saturated carbocycles. The zero-order chi connectivity index (χ0) is 33.0. The van der Waals surface area contributed by atoms with Crippen molar-refractivity contribution in [3.05, 3.63) is 65.7 Å². The minimum atomic E-state index is -1.54. The number of carbonyl (C=O) groups excluding carboxylic acids is 3. The van der Waals surface area contributed by atoms with Gasteiger partial charge in [-0.3, -0.25) is 9.36 Å². The highest BCUT2D eigenvalue weighted by Gasteiger charge is 2.51. The molecule has 3 heterocycles. The average molecular weight is 642 g/mol. The molecule has 13 nitrogen and oxygen atoms in total. The number of nitrogens with zero attached hydrogens (tertiary/aromatic N) is 6. The Morgan fingerprint density at radius 2 is 1.74 bits per heavy atom. The first kappa shape index (κ1) is 31.9. The van der Waals surface area contributed by atoms with E-state index < -0.39 is 24.5 Å². The summed E-state index contributed by atoms with van der Waals surface area (Å²) < 4.78 is 18.0. The number of H-pyrrole nitrogens is 1. The number of benzene rings is 2. The molecule has 0 bridgehead atoms. The molecule has 2 aliphatic rings. The molecule has 1 fully saturated rings. The minimum Gasteiger partial charge on any atom is -0.431 e. The van der Waals surface area contributed by atoms with Crippen LogP contribution in [0.2, 0.25) is 0 Å². The fourth-order valence-electron chi connectivity index (χ4n) is 6.74. The lowest BCUT2D eigenvalue weighted by atomic mass is 9.88. The van der Waals surface area contributed by atoms with Gasteiger partial charge in [-0.1, -0.05) is 49.7 Å². The van der Waals surface area contributed by atoms with E-state index in [0.29, 0.717) is 24.4 Å². The summed E-state index contributed by atoms with van der Waals surface area (Å²) in [6.07, 6.45) is 5.58. The predicted octanol–water partition coefficient (Wildman–Crippen LogP) is 5.28. The van der Waals surface area contributed by atoms with Gasteiger partial charge in [0.15, 0.2) is 11.4 Å². The van der Waals surface area contributed by atoms with Gasteiger partial charge in [0.25, 0.3) is 0 Å². The minimum absolute atomic E-state index is 0.191. The maximum atomic E-state index is 14.0. The second-order valence-electron chi connectivity index (χ2n) is 12.1. The number of aromatic amines is 1. The molecule has 1 unspecified atom stereocenters. The maximum absolute atomic E-state index is 14.0. The van der Waals surface area contributed by atoms with Gasteiger partial charge in [0.2, 0.25) is 12.7 Å². The monoisotopic (exact) mass is 641 g/mol. The van der Waals surface area contributed by atoms with Gasteiger partial charge in [0.1, 0.15) is 11.9 Å². The Kier molecular flexibility index (Phi) is 9.32. The van der Waals surface area contributed by atoms with Crippen LogP contribution in [0.5, 0.6) is 0 Å². The van der Waals surface area contributed by atoms with E-state index in [1.165, 1.54) is 11.8 Å². The number of hydrogen-bond donors (Lipinski definition) is 1. The van der Waals surface area contributed by atoms with Crippen LogP contribution in [0.3, 0.4) is 0 Å². The number of tetrazole rings is 1. The van der Waals surface area contributed by atoms with Crippen LogP contribution in [0, 0.1) is 0 Å². The molecule has 0 saturated heterocycles. The Morgan fingerprint density at radius 1 is 1.00 bits per heavy atom. The number of hydrogen-bond acceptors (Lipinski definition) is 10. The molecule has 246 valence electrons. The lowest BCUT2D eigenvalue weighted by molar-refractivity contribution is -0.173. The van der Waals surface area contributed by atoms with Gasteiger partial charge < -0.3 is 19.1 Å². The topological polar surface area (TPSA) is 154 Å². The lowest BCUT2D eigenvalue weighted by Crippen LogP contribution is -2.57. The first-order valence-electron chi connectivity index (χ1n) is 16.1. The number of rotatable bonds is 9. The smallest absolute Gasteiger partial charge is 0.431 e. The fraction of sp³-hybridized carbons (Fsp3) is 0.441. The standard InChI is InChI=1S/C34H39N7O6/c1-4-10-29-35-28-19-20-40(22(2)42)34(3,32(43)45-21-46-33(44)47-25-11-6-5-7-12-25)30(28)41(29)24-17-15-23(16-18-24)26-13-8-9-14-27(26)31-36-38-39-37-31/h8-9,13-18,25H,4-7,10-12,19-21H2,1-3H3,(H,36,37,38,39). The van der Waals surface area contributed by atoms with Gasteiger partial charge in [-0.15, -0.1) is 5.10 Å². The molecule has 1 aliphatic carbocycles. The molecule has 1 N–H and O–H groups in total. The Morgan fingerprint density at radius 3 is 2.43 bits per heavy atom. The molecular formula is C34H39N7O6. The van der Waals surface area contributed by atoms with E-state index in [2.05, 4.69) is 27.5 Å². The number of fused-ring (bicyclic) bond motifs is 1. The van der Waals surface area contributed by atoms with Crippen molar-refractivity contribution in [2.75, 3.05) is 13.3 Å². The molecular weight excluding hydrogens is 602 g/mol. The van der Waals surface area contributed by atoms with Crippen molar-refractivity contribution < 1.29 is 28.6 Å². The summed E-state index contributed by atoms with van der Waals surface area (Å²) in [5.41, 5.74) is 3.25. The highest BCUT2D eigenvalue weighted by Crippen LogP contribution is 2.40. The number of carbonyl (C=O) groups is 3. The molecule has 2 aromatic heterocycles. The number of aryl methyl sites for hydroxylation is 1. The van der Waals surface area contributed by atoms with Crippen molar-refractivity contribution in [3.63, 3.8) is 0 Å². The molecule has 2 aromatic carbocycles. The summed E-state index contributed by atoms with van der Waals surface area (Å²) in [6.45, 7) is 4.81. The van der Waals surface area contributed by atoms with Crippen LogP contribution in [-0.4, -0.2) is 72.5 Å². The van der Waals surface area contributed by atoms with Crippen LogP contribution < -0.4 is 0 Å². The summed E-state index contributed by atoms with van der Waals surface area (Å²) in [5, 5.41) is 14.3. The van der Waals surface area contributed by atoms with Crippen molar-refractivity contribution in [1.82, 2.24) is 35.1 Å². The van der Waals surface area contributed by atoms with E-state index in [4.69, 9.17) is 19.2 Å². The SMILES string of the molecule is CCCc1nc2c(n1-c1ccc(-c3ccccc3-c3nnn[nH]3)cc1)C(C)(C(=O)OCOC(=O)OC1CCCCC1)N(C(C)=O)CC2. The van der Waals surface area contributed by atoms with Crippen LogP contribution in [0.1, 0.15) is 76.5 Å². The lowest BCUT2D eigenvalue weighted by Gasteiger charge is -2.42. The Labute approximate surface area is 272 Å². The van der Waals surface area contributed by atoms with Gasteiger partial charge in [-0.25, -0.2) is 19.7 Å². The van der Waals surface area contributed by atoms with E-state index in [1.54, 1.807) is 6.92 Å². The van der Waals surface area contributed by atoms with E-state index in [-0.39, 0.29) is 18.6 Å². The van der Waals surface area contributed by atoms with Crippen LogP contribution in [0.4, 0.5) is 4.79 Å². The molecule has 6 rings (SSSR count). The molecule has 1 amide bonds. The number of esters is 1. The average Bonchev–Trinajstić information content (AvgIpc) is 3.75. The normalized spacial score (nSPS) is 18.0. The zero-order valence-electron chi connectivity index (χ0n) is 26.9. The van der Waals surface area contributed by atoms with Gasteiger partial charge >= 0.3 is 12.1 Å². The van der Waals surface area contributed by atoms with Crippen molar-refractivity contribution in [1.29, 1.82) is 0 Å². The first-order valence-corrected chi connectivity index (χ1v) is 16.1. The highest BCUT2D eigenvalue weighted by atomic mass is 16.8. The van der Waals surface area contributed by atoms with E-state index in [1.807, 2.05) is 53.1 Å². The second-order valence-corrected chi connectivity index (χ2v) is 12.1. The summed E-state index contributed by atoms with van der Waals surface area (Å²) in [6, 6.07) is 15.7. The Bertz CT molecular complexity index is 1730. The molecule has 1 atom stereocenters. The quantitative estimate of drug-likeness (QED) is 0.189. The third-order valence-corrected chi connectivity index (χ3v) is 8.99. The van der Waals surface area contributed by atoms with Crippen LogP contribution >= 0.6 is 0 Å². The number of nitrogens with one attached hydrogen (secondary N) is 1. The van der Waals surface area contributed by atoms with Crippen LogP contribution in [0.15, 0.2) is 48.5 Å². The van der Waals surface area contributed by atoms with Gasteiger partial charge in [-0.05, 0) is 72.7 Å². The molecule has 0 radical (unpaired) electrons. The van der Waals surface area contributed by atoms with Crippen LogP contribution in [-0.2, 0) is 42.2 Å². The predicted molar refractivity (Wildman–Crippen MR) is 170 cm³/mol. The largest absolute Gasteiger partial charge is 0.511 e. The molecule has 0 spiro atoms. The molecule has 47 heavy (non-hydrogen) atoms. The second kappa shape index (κ2) is 13.7. The van der Waals surface area contributed by atoms with Crippen molar-refractivity contribution in [3.8, 4) is 28.2 Å². The molecule has 4 aromatic rings.